The summed E-state index contributed by atoms with van der Waals surface area (Å²) in [6.45, 7) is 2.30. The van der Waals surface area contributed by atoms with Gasteiger partial charge in [0.1, 0.15) is 18.0 Å². The fourth-order valence-electron chi connectivity index (χ4n) is 1.59. The van der Waals surface area contributed by atoms with E-state index in [2.05, 4.69) is 14.9 Å². The highest BCUT2D eigenvalue weighted by atomic mass is 19.1. The maximum Gasteiger partial charge on any atom is 0.165 e. The molecule has 0 aliphatic rings. The summed E-state index contributed by atoms with van der Waals surface area (Å²) in [5.74, 6) is -0.194. The quantitative estimate of drug-likeness (QED) is 0.873. The van der Waals surface area contributed by atoms with Gasteiger partial charge in [0.25, 0.3) is 0 Å². The normalized spacial score (nSPS) is 10.6. The second-order valence-corrected chi connectivity index (χ2v) is 3.85. The Morgan fingerprint density at radius 2 is 2.22 bits per heavy atom. The lowest BCUT2D eigenvalue weighted by molar-refractivity contribution is 0.260. The number of para-hydroxylation sites is 1. The molecule has 0 aliphatic heterocycles. The van der Waals surface area contributed by atoms with Crippen LogP contribution in [0.4, 0.5) is 4.39 Å². The number of hydrogen-bond donors (Lipinski definition) is 1. The molecule has 0 spiro atoms. The number of hydrogen-bond acceptors (Lipinski definition) is 5. The molecule has 96 valence electrons. The van der Waals surface area contributed by atoms with E-state index in [1.807, 2.05) is 0 Å². The first-order valence-corrected chi connectivity index (χ1v) is 5.60. The Balaban J connectivity index is 2.15. The lowest BCUT2D eigenvalue weighted by Crippen LogP contribution is -2.07. The monoisotopic (exact) mass is 251 g/mol. The molecule has 1 heterocycles. The fourth-order valence-corrected chi connectivity index (χ4v) is 1.59. The topological polar surface area (TPSA) is 74.2 Å². The van der Waals surface area contributed by atoms with Gasteiger partial charge in [0, 0.05) is 0 Å². The maximum absolute atomic E-state index is 13.7. The first kappa shape index (κ1) is 12.5. The molecule has 6 heteroatoms. The molecular weight excluding hydrogens is 237 g/mol. The summed E-state index contributed by atoms with van der Waals surface area (Å²) in [7, 11) is 0. The van der Waals surface area contributed by atoms with Gasteiger partial charge in [-0.1, -0.05) is 22.4 Å². The minimum atomic E-state index is -0.407. The molecule has 0 radical (unpaired) electrons. The number of rotatable bonds is 5. The van der Waals surface area contributed by atoms with Gasteiger partial charge in [-0.15, -0.1) is 0 Å². The Morgan fingerprint density at radius 1 is 1.39 bits per heavy atom. The number of nitrogens with zero attached hydrogens (tertiary/aromatic N) is 2. The highest BCUT2D eigenvalue weighted by Crippen LogP contribution is 2.24. The van der Waals surface area contributed by atoms with Crippen LogP contribution in [-0.4, -0.2) is 16.9 Å². The van der Waals surface area contributed by atoms with Crippen molar-refractivity contribution in [3.8, 4) is 5.75 Å². The SMILES string of the molecule is Cc1nonc1COc1c(F)cccc1CCN. The maximum atomic E-state index is 13.7. The van der Waals surface area contributed by atoms with Gasteiger partial charge in [-0.05, 0) is 31.5 Å². The number of benzene rings is 1. The van der Waals surface area contributed by atoms with Gasteiger partial charge in [0.05, 0.1) is 0 Å². The number of nitrogens with two attached hydrogens (primary N) is 1. The van der Waals surface area contributed by atoms with Crippen LogP contribution in [0.1, 0.15) is 17.0 Å². The van der Waals surface area contributed by atoms with Crippen LogP contribution in [0.5, 0.6) is 5.75 Å². The van der Waals surface area contributed by atoms with Crippen molar-refractivity contribution < 1.29 is 13.8 Å². The van der Waals surface area contributed by atoms with Crippen LogP contribution in [0.2, 0.25) is 0 Å². The second kappa shape index (κ2) is 5.59. The number of halogens is 1. The van der Waals surface area contributed by atoms with Crippen LogP contribution >= 0.6 is 0 Å². The summed E-state index contributed by atoms with van der Waals surface area (Å²) in [4.78, 5) is 0. The van der Waals surface area contributed by atoms with Crippen molar-refractivity contribution in [3.63, 3.8) is 0 Å². The number of ether oxygens (including phenoxy) is 1. The predicted molar refractivity (Wildman–Crippen MR) is 62.5 cm³/mol. The molecule has 0 unspecified atom stereocenters. The summed E-state index contributed by atoms with van der Waals surface area (Å²) in [5, 5.41) is 7.31. The minimum absolute atomic E-state index is 0.119. The van der Waals surface area contributed by atoms with E-state index in [0.717, 1.165) is 5.56 Å². The summed E-state index contributed by atoms with van der Waals surface area (Å²) in [6, 6.07) is 4.78. The molecule has 0 saturated heterocycles. The highest BCUT2D eigenvalue weighted by molar-refractivity contribution is 5.35. The molecule has 0 aliphatic carbocycles. The van der Waals surface area contributed by atoms with E-state index >= 15 is 0 Å². The molecule has 0 atom stereocenters. The van der Waals surface area contributed by atoms with Crippen LogP contribution < -0.4 is 10.5 Å². The van der Waals surface area contributed by atoms with E-state index in [9.17, 15) is 4.39 Å². The predicted octanol–water partition coefficient (Wildman–Crippen LogP) is 1.60. The van der Waals surface area contributed by atoms with Crippen LogP contribution in [-0.2, 0) is 13.0 Å². The van der Waals surface area contributed by atoms with Crippen molar-refractivity contribution in [3.05, 3.63) is 41.0 Å². The number of aryl methyl sites for hydroxylation is 1. The molecule has 2 N–H and O–H groups in total. The smallest absolute Gasteiger partial charge is 0.165 e. The van der Waals surface area contributed by atoms with Gasteiger partial charge in [-0.3, -0.25) is 0 Å². The van der Waals surface area contributed by atoms with E-state index < -0.39 is 5.82 Å². The summed E-state index contributed by atoms with van der Waals surface area (Å²) in [6.07, 6.45) is 0.559. The van der Waals surface area contributed by atoms with Gasteiger partial charge < -0.3 is 10.5 Å². The molecule has 1 aromatic carbocycles. The van der Waals surface area contributed by atoms with Gasteiger partial charge in [0.15, 0.2) is 11.6 Å². The molecular formula is C12H14FN3O2. The first-order chi connectivity index (χ1) is 8.72. The summed E-state index contributed by atoms with van der Waals surface area (Å²) < 4.78 is 23.7. The van der Waals surface area contributed by atoms with Gasteiger partial charge >= 0.3 is 0 Å². The third-order valence-corrected chi connectivity index (χ3v) is 2.56. The zero-order valence-corrected chi connectivity index (χ0v) is 10.0. The largest absolute Gasteiger partial charge is 0.484 e. The molecule has 1 aromatic heterocycles. The average Bonchev–Trinajstić information content (AvgIpc) is 2.75. The Labute approximate surface area is 104 Å². The highest BCUT2D eigenvalue weighted by Gasteiger charge is 2.12. The van der Waals surface area contributed by atoms with Crippen LogP contribution in [0.3, 0.4) is 0 Å². The fraction of sp³-hybridized carbons (Fsp3) is 0.333. The molecule has 5 nitrogen and oxygen atoms in total. The molecule has 0 fully saturated rings. The van der Waals surface area contributed by atoms with Gasteiger partial charge in [-0.25, -0.2) is 9.02 Å². The zero-order chi connectivity index (χ0) is 13.0. The third kappa shape index (κ3) is 2.65. The third-order valence-electron chi connectivity index (χ3n) is 2.56. The molecule has 2 aromatic rings. The second-order valence-electron chi connectivity index (χ2n) is 3.85. The molecule has 0 amide bonds. The van der Waals surface area contributed by atoms with Crippen molar-refractivity contribution in [1.29, 1.82) is 0 Å². The van der Waals surface area contributed by atoms with Crippen molar-refractivity contribution in [2.24, 2.45) is 5.73 Å². The lowest BCUT2D eigenvalue weighted by Gasteiger charge is -2.10. The molecule has 2 rings (SSSR count). The molecule has 18 heavy (non-hydrogen) atoms. The van der Waals surface area contributed by atoms with Gasteiger partial charge in [0.2, 0.25) is 0 Å². The standard InChI is InChI=1S/C12H14FN3O2/c1-8-11(16-18-15-8)7-17-12-9(5-6-14)3-2-4-10(12)13/h2-4H,5-7,14H2,1H3. The van der Waals surface area contributed by atoms with E-state index in [4.69, 9.17) is 10.5 Å². The van der Waals surface area contributed by atoms with Crippen molar-refractivity contribution >= 4 is 0 Å². The van der Waals surface area contributed by atoms with Crippen molar-refractivity contribution in [2.75, 3.05) is 6.54 Å². The van der Waals surface area contributed by atoms with E-state index in [0.29, 0.717) is 24.4 Å². The lowest BCUT2D eigenvalue weighted by atomic mass is 10.1. The van der Waals surface area contributed by atoms with Crippen LogP contribution in [0, 0.1) is 12.7 Å². The zero-order valence-electron chi connectivity index (χ0n) is 10.0. The Kier molecular flexibility index (Phi) is 3.88. The van der Waals surface area contributed by atoms with Crippen LogP contribution in [0.25, 0.3) is 0 Å². The van der Waals surface area contributed by atoms with E-state index in [-0.39, 0.29) is 12.4 Å². The Hall–Kier alpha value is -1.95. The molecule has 0 saturated carbocycles. The van der Waals surface area contributed by atoms with Crippen molar-refractivity contribution in [2.45, 2.75) is 20.0 Å². The summed E-state index contributed by atoms with van der Waals surface area (Å²) in [5.41, 5.74) is 7.41. The Morgan fingerprint density at radius 3 is 2.89 bits per heavy atom. The average molecular weight is 251 g/mol. The van der Waals surface area contributed by atoms with E-state index in [1.54, 1.807) is 19.1 Å². The first-order valence-electron chi connectivity index (χ1n) is 5.60. The minimum Gasteiger partial charge on any atom is -0.484 e. The summed E-state index contributed by atoms with van der Waals surface area (Å²) >= 11 is 0. The van der Waals surface area contributed by atoms with Crippen LogP contribution in [0.15, 0.2) is 22.8 Å². The van der Waals surface area contributed by atoms with Crippen molar-refractivity contribution in [1.82, 2.24) is 10.3 Å². The molecule has 0 bridgehead atoms. The van der Waals surface area contributed by atoms with E-state index in [1.165, 1.54) is 6.07 Å². The van der Waals surface area contributed by atoms with Gasteiger partial charge in [-0.2, -0.15) is 0 Å². The number of aromatic nitrogens is 2. The Bertz CT molecular complexity index is 528.